The Morgan fingerprint density at radius 1 is 1.20 bits per heavy atom. The zero-order chi connectivity index (χ0) is 28.7. The van der Waals surface area contributed by atoms with E-state index in [4.69, 9.17) is 32.5 Å². The number of fused-ring (bicyclic) bond motifs is 2. The summed E-state index contributed by atoms with van der Waals surface area (Å²) >= 11 is 5.78. The molecule has 0 bridgehead atoms. The van der Waals surface area contributed by atoms with Gasteiger partial charge in [0, 0.05) is 42.0 Å². The summed E-state index contributed by atoms with van der Waals surface area (Å²) in [5.41, 5.74) is 2.03. The summed E-state index contributed by atoms with van der Waals surface area (Å²) < 4.78 is 69.1. The van der Waals surface area contributed by atoms with Crippen LogP contribution >= 0.6 is 11.6 Å². The van der Waals surface area contributed by atoms with Gasteiger partial charge in [-0.1, -0.05) is 23.6 Å². The Morgan fingerprint density at radius 3 is 2.73 bits per heavy atom. The third-order valence-electron chi connectivity index (χ3n) is 7.29. The molecule has 2 aliphatic heterocycles. The number of halogens is 5. The van der Waals surface area contributed by atoms with Crippen molar-refractivity contribution in [3.8, 4) is 18.2 Å². The molecular weight excluding hydrogens is 562 g/mol. The van der Waals surface area contributed by atoms with Gasteiger partial charge in [-0.15, -0.1) is 6.42 Å². The monoisotopic (exact) mass is 585 g/mol. The van der Waals surface area contributed by atoms with Crippen LogP contribution in [-0.4, -0.2) is 43.7 Å². The molecule has 1 aromatic carbocycles. The van der Waals surface area contributed by atoms with Crippen molar-refractivity contribution in [1.82, 2.24) is 24.4 Å². The third-order valence-corrected chi connectivity index (χ3v) is 7.52. The van der Waals surface area contributed by atoms with Crippen LogP contribution in [0.1, 0.15) is 40.2 Å². The summed E-state index contributed by atoms with van der Waals surface area (Å²) in [5, 5.41) is 0.176. The van der Waals surface area contributed by atoms with Crippen LogP contribution in [-0.2, 0) is 43.6 Å². The lowest BCUT2D eigenvalue weighted by atomic mass is 10.0. The average Bonchev–Trinajstić information content (AvgIpc) is 3.24. The minimum Gasteiger partial charge on any atom is -0.472 e. The highest BCUT2D eigenvalue weighted by Crippen LogP contribution is 2.38. The van der Waals surface area contributed by atoms with Crippen LogP contribution in [0.2, 0.25) is 5.02 Å². The van der Waals surface area contributed by atoms with E-state index >= 15 is 0 Å². The Bertz CT molecular complexity index is 1660. The highest BCUT2D eigenvalue weighted by atomic mass is 35.5. The first-order valence-corrected chi connectivity index (χ1v) is 13.4. The number of alkyl halides is 3. The molecule has 1 atom stereocenters. The Labute approximate surface area is 238 Å². The quantitative estimate of drug-likeness (QED) is 0.209. The van der Waals surface area contributed by atoms with Crippen LogP contribution < -0.4 is 4.74 Å². The Hall–Kier alpha value is -3.72. The number of pyridine rings is 2. The maximum absolute atomic E-state index is 14.2. The van der Waals surface area contributed by atoms with Gasteiger partial charge in [0.05, 0.1) is 24.9 Å². The van der Waals surface area contributed by atoms with Crippen molar-refractivity contribution in [2.24, 2.45) is 0 Å². The fourth-order valence-corrected chi connectivity index (χ4v) is 5.17. The standard InChI is InChI=1S/C29H24ClF4N5O2/c1-2-17-9-24-27(35-12-17)39(13-21-6-8-40-21)26(36-24)15-38-7-5-18-10-22(29(32,33)34)28(37-25(18)14-38)41-16-19-3-4-20(30)11-23(19)31/h1,3-4,9-12,21H,5-8,13-16H2/t21-/m0/s1. The summed E-state index contributed by atoms with van der Waals surface area (Å²) in [6.45, 7) is 2.08. The molecule has 0 aliphatic carbocycles. The van der Waals surface area contributed by atoms with Gasteiger partial charge in [-0.3, -0.25) is 4.90 Å². The predicted molar refractivity (Wildman–Crippen MR) is 143 cm³/mol. The fraction of sp³-hybridized carbons (Fsp3) is 0.345. The van der Waals surface area contributed by atoms with Gasteiger partial charge in [0.1, 0.15) is 29.3 Å². The van der Waals surface area contributed by atoms with Crippen LogP contribution in [0.25, 0.3) is 11.2 Å². The fourth-order valence-electron chi connectivity index (χ4n) is 5.01. The van der Waals surface area contributed by atoms with Crippen molar-refractivity contribution in [3.05, 3.63) is 81.1 Å². The third kappa shape index (κ3) is 5.73. The van der Waals surface area contributed by atoms with Crippen molar-refractivity contribution in [3.63, 3.8) is 0 Å². The van der Waals surface area contributed by atoms with Gasteiger partial charge < -0.3 is 14.0 Å². The minimum absolute atomic E-state index is 0.0648. The van der Waals surface area contributed by atoms with Crippen LogP contribution in [0, 0.1) is 18.2 Å². The number of rotatable bonds is 7. The van der Waals surface area contributed by atoms with E-state index in [-0.39, 0.29) is 23.2 Å². The van der Waals surface area contributed by atoms with Crippen molar-refractivity contribution < 1.29 is 27.0 Å². The van der Waals surface area contributed by atoms with Crippen molar-refractivity contribution in [1.29, 1.82) is 0 Å². The SMILES string of the molecule is C#Cc1cnc2c(c1)nc(CN1CCc3cc(C(F)(F)F)c(OCc4ccc(Cl)cc4F)nc3C1)n2C[C@@H]1CCO1. The molecule has 212 valence electrons. The molecule has 7 nitrogen and oxygen atoms in total. The van der Waals surface area contributed by atoms with E-state index in [1.807, 2.05) is 10.6 Å². The summed E-state index contributed by atoms with van der Waals surface area (Å²) in [5.74, 6) is 2.07. The lowest BCUT2D eigenvalue weighted by molar-refractivity contribution is -0.139. The van der Waals surface area contributed by atoms with Gasteiger partial charge in [-0.25, -0.2) is 19.3 Å². The van der Waals surface area contributed by atoms with E-state index < -0.39 is 30.0 Å². The second kappa shape index (κ2) is 10.9. The van der Waals surface area contributed by atoms with Crippen molar-refractivity contribution in [2.45, 2.75) is 51.4 Å². The maximum Gasteiger partial charge on any atom is 0.421 e. The van der Waals surface area contributed by atoms with Crippen LogP contribution in [0.3, 0.4) is 0 Å². The van der Waals surface area contributed by atoms with Gasteiger partial charge in [0.15, 0.2) is 5.65 Å². The molecule has 0 unspecified atom stereocenters. The zero-order valence-electron chi connectivity index (χ0n) is 21.7. The van der Waals surface area contributed by atoms with Gasteiger partial charge in [0.25, 0.3) is 0 Å². The lowest BCUT2D eigenvalue weighted by Crippen LogP contribution is -2.34. The number of hydrogen-bond acceptors (Lipinski definition) is 6. The highest BCUT2D eigenvalue weighted by Gasteiger charge is 2.37. The van der Waals surface area contributed by atoms with E-state index in [0.717, 1.165) is 24.4 Å². The minimum atomic E-state index is -4.69. The first-order valence-electron chi connectivity index (χ1n) is 13.0. The molecule has 1 fully saturated rings. The van der Waals surface area contributed by atoms with E-state index in [2.05, 4.69) is 20.8 Å². The normalized spacial score (nSPS) is 17.2. The summed E-state index contributed by atoms with van der Waals surface area (Å²) in [6, 6.07) is 6.79. The molecule has 0 radical (unpaired) electrons. The largest absolute Gasteiger partial charge is 0.472 e. The molecule has 0 N–H and O–H groups in total. The number of imidazole rings is 1. The molecule has 3 aromatic heterocycles. The van der Waals surface area contributed by atoms with E-state index in [1.165, 1.54) is 12.1 Å². The maximum atomic E-state index is 14.2. The first-order chi connectivity index (χ1) is 19.7. The molecule has 1 saturated heterocycles. The number of aromatic nitrogens is 4. The topological polar surface area (TPSA) is 65.3 Å². The van der Waals surface area contributed by atoms with E-state index in [0.29, 0.717) is 60.6 Å². The Kier molecular flexibility index (Phi) is 7.32. The molecule has 4 aromatic rings. The number of hydrogen-bond donors (Lipinski definition) is 0. The van der Waals surface area contributed by atoms with Gasteiger partial charge in [-0.2, -0.15) is 13.2 Å². The Balaban J connectivity index is 1.27. The van der Waals surface area contributed by atoms with E-state index in [1.54, 1.807) is 6.20 Å². The molecule has 41 heavy (non-hydrogen) atoms. The number of nitrogens with zero attached hydrogens (tertiary/aromatic N) is 5. The molecular formula is C29H24ClF4N5O2. The Morgan fingerprint density at radius 2 is 2.02 bits per heavy atom. The van der Waals surface area contributed by atoms with Crippen LogP contribution in [0.5, 0.6) is 5.88 Å². The zero-order valence-corrected chi connectivity index (χ0v) is 22.5. The average molecular weight is 586 g/mol. The van der Waals surface area contributed by atoms with Gasteiger partial charge in [0.2, 0.25) is 5.88 Å². The molecule has 0 amide bonds. The molecule has 0 saturated carbocycles. The summed E-state index contributed by atoms with van der Waals surface area (Å²) in [4.78, 5) is 15.7. The van der Waals surface area contributed by atoms with Crippen molar-refractivity contribution in [2.75, 3.05) is 13.2 Å². The predicted octanol–water partition coefficient (Wildman–Crippen LogP) is 5.55. The highest BCUT2D eigenvalue weighted by molar-refractivity contribution is 6.30. The van der Waals surface area contributed by atoms with Crippen molar-refractivity contribution >= 4 is 22.8 Å². The molecule has 2 aliphatic rings. The van der Waals surface area contributed by atoms with Gasteiger partial charge in [-0.05, 0) is 42.7 Å². The van der Waals surface area contributed by atoms with E-state index in [9.17, 15) is 17.6 Å². The number of terminal acetylenes is 1. The summed E-state index contributed by atoms with van der Waals surface area (Å²) in [7, 11) is 0. The van der Waals surface area contributed by atoms with Crippen LogP contribution in [0.4, 0.5) is 17.6 Å². The first kappa shape index (κ1) is 27.4. The molecule has 12 heteroatoms. The number of ether oxygens (including phenoxy) is 2. The number of benzene rings is 1. The van der Waals surface area contributed by atoms with Crippen LogP contribution in [0.15, 0.2) is 36.5 Å². The smallest absolute Gasteiger partial charge is 0.421 e. The molecule has 0 spiro atoms. The second-order valence-electron chi connectivity index (χ2n) is 10.1. The summed E-state index contributed by atoms with van der Waals surface area (Å²) in [6.07, 6.45) is 3.85. The molecule has 6 rings (SSSR count). The lowest BCUT2D eigenvalue weighted by Gasteiger charge is -2.30. The second-order valence-corrected chi connectivity index (χ2v) is 10.5. The molecule has 5 heterocycles. The van der Waals surface area contributed by atoms with Gasteiger partial charge >= 0.3 is 6.18 Å².